The molecule has 1 aromatic rings. The topological polar surface area (TPSA) is 76.0 Å². The van der Waals surface area contributed by atoms with Crippen LogP contribution in [0.3, 0.4) is 0 Å². The van der Waals surface area contributed by atoms with Gasteiger partial charge in [0, 0.05) is 26.1 Å². The van der Waals surface area contributed by atoms with Crippen LogP contribution < -0.4 is 16.2 Å². The molecule has 1 aliphatic carbocycles. The Morgan fingerprint density at radius 2 is 2.14 bits per heavy atom. The van der Waals surface area contributed by atoms with E-state index in [1.54, 1.807) is 13.2 Å². The van der Waals surface area contributed by atoms with Crippen LogP contribution in [0, 0.1) is 0 Å². The number of nitrogens with one attached hydrogen (secondary N) is 2. The van der Waals surface area contributed by atoms with Gasteiger partial charge in [0.05, 0.1) is 11.9 Å². The van der Waals surface area contributed by atoms with Gasteiger partial charge >= 0.3 is 0 Å². The normalized spacial score (nSPS) is 15.7. The highest BCUT2D eigenvalue weighted by Crippen LogP contribution is 2.18. The van der Waals surface area contributed by atoms with E-state index in [1.807, 2.05) is 0 Å². The first-order valence-corrected chi connectivity index (χ1v) is 8.12. The van der Waals surface area contributed by atoms with Crippen molar-refractivity contribution < 1.29 is 4.79 Å². The van der Waals surface area contributed by atoms with Crippen LogP contribution in [0.15, 0.2) is 15.5 Å². The fourth-order valence-corrected chi connectivity index (χ4v) is 2.99. The van der Waals surface area contributed by atoms with E-state index in [9.17, 15) is 9.59 Å². The Labute approximate surface area is 132 Å². The van der Waals surface area contributed by atoms with E-state index in [0.29, 0.717) is 29.2 Å². The maximum atomic E-state index is 11.9. The van der Waals surface area contributed by atoms with Crippen LogP contribution in [-0.4, -0.2) is 28.3 Å². The predicted octanol–water partition coefficient (Wildman–Crippen LogP) is 1.79. The Kier molecular flexibility index (Phi) is 5.78. The minimum Gasteiger partial charge on any atom is -0.382 e. The number of halogens is 1. The van der Waals surface area contributed by atoms with Gasteiger partial charge in [-0.25, -0.2) is 4.68 Å². The summed E-state index contributed by atoms with van der Waals surface area (Å²) in [6.45, 7) is 0.478. The molecule has 1 aliphatic rings. The lowest BCUT2D eigenvalue weighted by atomic mass is 9.95. The lowest BCUT2D eigenvalue weighted by Gasteiger charge is -2.22. The SMILES string of the molecule is Cn1ncc(NCCC(=O)NC2CCCCC2)c(Br)c1=O. The number of carbonyl (C=O) groups is 1. The molecule has 0 bridgehead atoms. The van der Waals surface area contributed by atoms with Gasteiger partial charge in [-0.2, -0.15) is 5.10 Å². The van der Waals surface area contributed by atoms with Crippen LogP contribution in [0.4, 0.5) is 5.69 Å². The van der Waals surface area contributed by atoms with Crippen molar-refractivity contribution in [2.45, 2.75) is 44.6 Å². The van der Waals surface area contributed by atoms with Crippen molar-refractivity contribution in [3.63, 3.8) is 0 Å². The lowest BCUT2D eigenvalue weighted by Crippen LogP contribution is -2.36. The number of aryl methyl sites for hydroxylation is 1. The number of anilines is 1. The van der Waals surface area contributed by atoms with Crippen molar-refractivity contribution in [1.82, 2.24) is 15.1 Å². The van der Waals surface area contributed by atoms with Crippen molar-refractivity contribution in [1.29, 1.82) is 0 Å². The van der Waals surface area contributed by atoms with Gasteiger partial charge in [-0.05, 0) is 28.8 Å². The fraction of sp³-hybridized carbons (Fsp3) is 0.643. The number of carbonyl (C=O) groups excluding carboxylic acids is 1. The van der Waals surface area contributed by atoms with Crippen LogP contribution >= 0.6 is 15.9 Å². The van der Waals surface area contributed by atoms with Gasteiger partial charge in [0.15, 0.2) is 0 Å². The summed E-state index contributed by atoms with van der Waals surface area (Å²) >= 11 is 3.24. The largest absolute Gasteiger partial charge is 0.382 e. The van der Waals surface area contributed by atoms with E-state index in [1.165, 1.54) is 23.9 Å². The van der Waals surface area contributed by atoms with Gasteiger partial charge in [-0.1, -0.05) is 19.3 Å². The van der Waals surface area contributed by atoms with Gasteiger partial charge < -0.3 is 10.6 Å². The zero-order chi connectivity index (χ0) is 15.2. The van der Waals surface area contributed by atoms with Gasteiger partial charge in [0.1, 0.15) is 4.47 Å². The Hall–Kier alpha value is -1.37. The van der Waals surface area contributed by atoms with Crippen LogP contribution in [0.25, 0.3) is 0 Å². The number of hydrogen-bond acceptors (Lipinski definition) is 4. The quantitative estimate of drug-likeness (QED) is 0.843. The molecule has 116 valence electrons. The zero-order valence-corrected chi connectivity index (χ0v) is 13.8. The highest BCUT2D eigenvalue weighted by molar-refractivity contribution is 9.10. The van der Waals surface area contributed by atoms with Crippen LogP contribution in [-0.2, 0) is 11.8 Å². The molecule has 1 heterocycles. The summed E-state index contributed by atoms with van der Waals surface area (Å²) in [4.78, 5) is 23.5. The van der Waals surface area contributed by atoms with E-state index in [2.05, 4.69) is 31.7 Å². The second-order valence-electron chi connectivity index (χ2n) is 5.38. The summed E-state index contributed by atoms with van der Waals surface area (Å²) in [6, 6.07) is 0.337. The summed E-state index contributed by atoms with van der Waals surface area (Å²) in [5.74, 6) is 0.0577. The molecule has 0 radical (unpaired) electrons. The van der Waals surface area contributed by atoms with Gasteiger partial charge in [0.25, 0.3) is 5.56 Å². The zero-order valence-electron chi connectivity index (χ0n) is 12.2. The Bertz CT molecular complexity index is 552. The second kappa shape index (κ2) is 7.59. The average molecular weight is 357 g/mol. The standard InChI is InChI=1S/C14H21BrN4O2/c1-19-14(21)13(15)11(9-17-19)16-8-7-12(20)18-10-5-3-2-4-6-10/h9-10,16H,2-8H2,1H3,(H,18,20). The first-order valence-electron chi connectivity index (χ1n) is 7.33. The molecule has 2 rings (SSSR count). The third kappa shape index (κ3) is 4.56. The molecule has 0 aromatic carbocycles. The summed E-state index contributed by atoms with van der Waals surface area (Å²) in [6.07, 6.45) is 7.82. The number of nitrogens with zero attached hydrogens (tertiary/aromatic N) is 2. The Morgan fingerprint density at radius 1 is 1.43 bits per heavy atom. The average Bonchev–Trinajstić information content (AvgIpc) is 2.48. The molecule has 1 aromatic heterocycles. The monoisotopic (exact) mass is 356 g/mol. The number of hydrogen-bond donors (Lipinski definition) is 2. The Morgan fingerprint density at radius 3 is 2.86 bits per heavy atom. The van der Waals surface area contributed by atoms with Crippen molar-refractivity contribution in [3.05, 3.63) is 21.0 Å². The molecule has 0 spiro atoms. The van der Waals surface area contributed by atoms with E-state index >= 15 is 0 Å². The first-order chi connectivity index (χ1) is 10.1. The maximum absolute atomic E-state index is 11.9. The molecular weight excluding hydrogens is 336 g/mol. The lowest BCUT2D eigenvalue weighted by molar-refractivity contribution is -0.121. The first kappa shape index (κ1) is 16.0. The summed E-state index contributed by atoms with van der Waals surface area (Å²) in [5.41, 5.74) is 0.412. The minimum atomic E-state index is -0.202. The highest BCUT2D eigenvalue weighted by Gasteiger charge is 2.15. The van der Waals surface area contributed by atoms with E-state index in [-0.39, 0.29) is 11.5 Å². The molecule has 1 saturated carbocycles. The molecule has 2 N–H and O–H groups in total. The second-order valence-corrected chi connectivity index (χ2v) is 6.17. The molecule has 0 unspecified atom stereocenters. The summed E-state index contributed by atoms with van der Waals surface area (Å²) < 4.78 is 1.69. The van der Waals surface area contributed by atoms with Crippen LogP contribution in [0.1, 0.15) is 38.5 Å². The summed E-state index contributed by atoms with van der Waals surface area (Å²) in [5, 5.41) is 10.1. The molecular formula is C14H21BrN4O2. The predicted molar refractivity (Wildman–Crippen MR) is 85.3 cm³/mol. The molecule has 7 heteroatoms. The minimum absolute atomic E-state index is 0.0577. The van der Waals surface area contributed by atoms with Crippen molar-refractivity contribution in [3.8, 4) is 0 Å². The van der Waals surface area contributed by atoms with E-state index < -0.39 is 0 Å². The molecule has 1 amide bonds. The summed E-state index contributed by atoms with van der Waals surface area (Å²) in [7, 11) is 1.59. The molecule has 1 fully saturated rings. The van der Waals surface area contributed by atoms with Crippen molar-refractivity contribution >= 4 is 27.5 Å². The fourth-order valence-electron chi connectivity index (χ4n) is 2.49. The molecule has 6 nitrogen and oxygen atoms in total. The molecule has 0 aliphatic heterocycles. The molecule has 0 atom stereocenters. The molecule has 21 heavy (non-hydrogen) atoms. The smallest absolute Gasteiger partial charge is 0.282 e. The number of amides is 1. The third-order valence-electron chi connectivity index (χ3n) is 3.72. The number of rotatable bonds is 5. The van der Waals surface area contributed by atoms with Gasteiger partial charge in [-0.15, -0.1) is 0 Å². The third-order valence-corrected chi connectivity index (χ3v) is 4.48. The number of aromatic nitrogens is 2. The van der Waals surface area contributed by atoms with Crippen molar-refractivity contribution in [2.24, 2.45) is 7.05 Å². The van der Waals surface area contributed by atoms with E-state index in [0.717, 1.165) is 12.8 Å². The maximum Gasteiger partial charge on any atom is 0.282 e. The van der Waals surface area contributed by atoms with Crippen LogP contribution in [0.5, 0.6) is 0 Å². The Balaban J connectivity index is 1.77. The van der Waals surface area contributed by atoms with Gasteiger partial charge in [-0.3, -0.25) is 9.59 Å². The highest BCUT2D eigenvalue weighted by atomic mass is 79.9. The van der Waals surface area contributed by atoms with Gasteiger partial charge in [0.2, 0.25) is 5.91 Å². The molecule has 0 saturated heterocycles. The van der Waals surface area contributed by atoms with Crippen molar-refractivity contribution in [2.75, 3.05) is 11.9 Å². The van der Waals surface area contributed by atoms with E-state index in [4.69, 9.17) is 0 Å². The van der Waals surface area contributed by atoms with Crippen LogP contribution in [0.2, 0.25) is 0 Å².